The smallest absolute Gasteiger partial charge is 0.129 e. The molecule has 0 radical (unpaired) electrons. The van der Waals surface area contributed by atoms with E-state index in [0.717, 1.165) is 12.8 Å². The monoisotopic (exact) mass is 224 g/mol. The predicted molar refractivity (Wildman–Crippen MR) is 66.6 cm³/mol. The van der Waals surface area contributed by atoms with Crippen LogP contribution in [0, 0.1) is 5.82 Å². The van der Waals surface area contributed by atoms with E-state index < -0.39 is 0 Å². The van der Waals surface area contributed by atoms with Crippen molar-refractivity contribution in [2.75, 3.05) is 12.8 Å². The molecular weight excluding hydrogens is 203 g/mol. The molecule has 2 nitrogen and oxygen atoms in total. The molecule has 0 aliphatic rings. The van der Waals surface area contributed by atoms with Crippen molar-refractivity contribution in [2.45, 2.75) is 39.3 Å². The maximum absolute atomic E-state index is 13.6. The van der Waals surface area contributed by atoms with Crippen LogP contribution < -0.4 is 5.73 Å². The van der Waals surface area contributed by atoms with E-state index in [-0.39, 0.29) is 5.82 Å². The lowest BCUT2D eigenvalue weighted by Crippen LogP contribution is -2.28. The summed E-state index contributed by atoms with van der Waals surface area (Å²) in [5, 5.41) is 0. The molecule has 0 aliphatic carbocycles. The van der Waals surface area contributed by atoms with Gasteiger partial charge in [-0.2, -0.15) is 0 Å². The molecule has 0 fully saturated rings. The highest BCUT2D eigenvalue weighted by Gasteiger charge is 2.11. The van der Waals surface area contributed by atoms with Crippen LogP contribution in [-0.2, 0) is 6.54 Å². The molecule has 90 valence electrons. The van der Waals surface area contributed by atoms with Crippen molar-refractivity contribution >= 4 is 5.69 Å². The number of rotatable bonds is 5. The van der Waals surface area contributed by atoms with Gasteiger partial charge in [-0.3, -0.25) is 4.90 Å². The van der Waals surface area contributed by atoms with Gasteiger partial charge in [0.25, 0.3) is 0 Å². The van der Waals surface area contributed by atoms with Crippen LogP contribution in [0.1, 0.15) is 32.3 Å². The third-order valence-corrected chi connectivity index (χ3v) is 2.96. The van der Waals surface area contributed by atoms with Crippen molar-refractivity contribution < 1.29 is 4.39 Å². The largest absolute Gasteiger partial charge is 0.399 e. The lowest BCUT2D eigenvalue weighted by Gasteiger charge is -2.24. The summed E-state index contributed by atoms with van der Waals surface area (Å²) in [6.45, 7) is 4.96. The second kappa shape index (κ2) is 5.85. The number of benzene rings is 1. The zero-order chi connectivity index (χ0) is 12.1. The van der Waals surface area contributed by atoms with E-state index in [9.17, 15) is 4.39 Å². The minimum Gasteiger partial charge on any atom is -0.399 e. The van der Waals surface area contributed by atoms with Gasteiger partial charge < -0.3 is 5.73 Å². The van der Waals surface area contributed by atoms with Gasteiger partial charge in [0.05, 0.1) is 0 Å². The van der Waals surface area contributed by atoms with E-state index in [1.165, 1.54) is 6.07 Å². The number of nitrogens with zero attached hydrogens (tertiary/aromatic N) is 1. The first-order chi connectivity index (χ1) is 7.54. The zero-order valence-electron chi connectivity index (χ0n) is 10.3. The molecular formula is C13H21FN2. The van der Waals surface area contributed by atoms with Gasteiger partial charge in [-0.15, -0.1) is 0 Å². The molecule has 0 spiro atoms. The summed E-state index contributed by atoms with van der Waals surface area (Å²) < 4.78 is 13.6. The number of nitrogens with two attached hydrogens (primary N) is 1. The fraction of sp³-hybridized carbons (Fsp3) is 0.538. The van der Waals surface area contributed by atoms with E-state index in [4.69, 9.17) is 5.73 Å². The Labute approximate surface area is 97.3 Å². The number of halogens is 1. The highest BCUT2D eigenvalue weighted by atomic mass is 19.1. The quantitative estimate of drug-likeness (QED) is 0.779. The van der Waals surface area contributed by atoms with Crippen LogP contribution in [0.2, 0.25) is 0 Å². The zero-order valence-corrected chi connectivity index (χ0v) is 10.3. The van der Waals surface area contributed by atoms with Crippen molar-refractivity contribution in [3.05, 3.63) is 29.6 Å². The highest BCUT2D eigenvalue weighted by Crippen LogP contribution is 2.15. The van der Waals surface area contributed by atoms with Crippen LogP contribution in [0.5, 0.6) is 0 Å². The molecule has 0 saturated carbocycles. The topological polar surface area (TPSA) is 29.3 Å². The maximum atomic E-state index is 13.6. The van der Waals surface area contributed by atoms with Gasteiger partial charge in [0, 0.05) is 23.8 Å². The number of hydrogen-bond donors (Lipinski definition) is 1. The van der Waals surface area contributed by atoms with E-state index >= 15 is 0 Å². The summed E-state index contributed by atoms with van der Waals surface area (Å²) in [7, 11) is 2.02. The normalized spacial score (nSPS) is 13.1. The minimum absolute atomic E-state index is 0.212. The van der Waals surface area contributed by atoms with Crippen LogP contribution in [0.25, 0.3) is 0 Å². The van der Waals surface area contributed by atoms with E-state index in [0.29, 0.717) is 23.8 Å². The molecule has 1 aromatic rings. The van der Waals surface area contributed by atoms with Crippen molar-refractivity contribution in [3.8, 4) is 0 Å². The van der Waals surface area contributed by atoms with Gasteiger partial charge in [-0.25, -0.2) is 4.39 Å². The molecule has 1 rings (SSSR count). The number of anilines is 1. The van der Waals surface area contributed by atoms with Gasteiger partial charge >= 0.3 is 0 Å². The van der Waals surface area contributed by atoms with E-state index in [2.05, 4.69) is 18.7 Å². The third-order valence-electron chi connectivity index (χ3n) is 2.96. The summed E-state index contributed by atoms with van der Waals surface area (Å²) in [6, 6.07) is 5.37. The Kier molecular flexibility index (Phi) is 4.74. The fourth-order valence-electron chi connectivity index (χ4n) is 1.75. The van der Waals surface area contributed by atoms with E-state index in [1.807, 2.05) is 7.05 Å². The van der Waals surface area contributed by atoms with Gasteiger partial charge in [0.15, 0.2) is 0 Å². The minimum atomic E-state index is -0.212. The van der Waals surface area contributed by atoms with Gasteiger partial charge in [-0.1, -0.05) is 19.4 Å². The first-order valence-electron chi connectivity index (χ1n) is 5.78. The molecule has 1 aromatic carbocycles. The molecule has 1 atom stereocenters. The summed E-state index contributed by atoms with van der Waals surface area (Å²) in [4.78, 5) is 2.16. The molecule has 3 heteroatoms. The molecule has 0 aromatic heterocycles. The average molecular weight is 224 g/mol. The Morgan fingerprint density at radius 3 is 2.69 bits per heavy atom. The Bertz CT molecular complexity index is 339. The van der Waals surface area contributed by atoms with Crippen LogP contribution in [-0.4, -0.2) is 18.0 Å². The Morgan fingerprint density at radius 1 is 1.44 bits per heavy atom. The van der Waals surface area contributed by atoms with Crippen LogP contribution >= 0.6 is 0 Å². The molecule has 1 unspecified atom stereocenters. The summed E-state index contributed by atoms with van der Waals surface area (Å²) in [5.41, 5.74) is 6.70. The number of hydrogen-bond acceptors (Lipinski definition) is 2. The molecule has 0 bridgehead atoms. The Morgan fingerprint density at radius 2 is 2.12 bits per heavy atom. The Balaban J connectivity index is 2.65. The second-order valence-corrected chi connectivity index (χ2v) is 4.40. The van der Waals surface area contributed by atoms with Crippen molar-refractivity contribution in [1.29, 1.82) is 0 Å². The lowest BCUT2D eigenvalue weighted by atomic mass is 10.1. The third kappa shape index (κ3) is 3.49. The molecule has 0 amide bonds. The van der Waals surface area contributed by atoms with Crippen molar-refractivity contribution in [1.82, 2.24) is 4.90 Å². The fourth-order valence-corrected chi connectivity index (χ4v) is 1.75. The summed E-state index contributed by atoms with van der Waals surface area (Å²) in [6.07, 6.45) is 2.28. The maximum Gasteiger partial charge on any atom is 0.129 e. The van der Waals surface area contributed by atoms with Crippen molar-refractivity contribution in [2.24, 2.45) is 0 Å². The van der Waals surface area contributed by atoms with Crippen molar-refractivity contribution in [3.63, 3.8) is 0 Å². The second-order valence-electron chi connectivity index (χ2n) is 4.40. The van der Waals surface area contributed by atoms with Gasteiger partial charge in [-0.05, 0) is 32.5 Å². The van der Waals surface area contributed by atoms with Gasteiger partial charge in [0.2, 0.25) is 0 Å². The first kappa shape index (κ1) is 13.0. The van der Waals surface area contributed by atoms with E-state index in [1.54, 1.807) is 12.1 Å². The average Bonchev–Trinajstić information content (AvgIpc) is 2.22. The predicted octanol–water partition coefficient (Wildman–Crippen LogP) is 3.03. The molecule has 2 N–H and O–H groups in total. The summed E-state index contributed by atoms with van der Waals surface area (Å²) >= 11 is 0. The summed E-state index contributed by atoms with van der Waals surface area (Å²) in [5.74, 6) is -0.212. The SMILES string of the molecule is CCCC(C)N(C)Cc1ccc(N)cc1F. The standard InChI is InChI=1S/C13H21FN2/c1-4-5-10(2)16(3)9-11-6-7-12(15)8-13(11)14/h6-8,10H,4-5,9,15H2,1-3H3. The Hall–Kier alpha value is -1.09. The molecule has 0 heterocycles. The first-order valence-corrected chi connectivity index (χ1v) is 5.78. The molecule has 16 heavy (non-hydrogen) atoms. The molecule has 0 aliphatic heterocycles. The van der Waals surface area contributed by atoms with Crippen LogP contribution in [0.4, 0.5) is 10.1 Å². The number of nitrogen functional groups attached to an aromatic ring is 1. The van der Waals surface area contributed by atoms with Gasteiger partial charge in [0.1, 0.15) is 5.82 Å². The van der Waals surface area contributed by atoms with Crippen LogP contribution in [0.3, 0.4) is 0 Å². The lowest BCUT2D eigenvalue weighted by molar-refractivity contribution is 0.234. The highest BCUT2D eigenvalue weighted by molar-refractivity contribution is 5.40. The molecule has 0 saturated heterocycles. The van der Waals surface area contributed by atoms with Crippen LogP contribution in [0.15, 0.2) is 18.2 Å².